The Morgan fingerprint density at radius 3 is 2.18 bits per heavy atom. The summed E-state index contributed by atoms with van der Waals surface area (Å²) in [5.41, 5.74) is 1.37. The van der Waals surface area contributed by atoms with Gasteiger partial charge in [0.2, 0.25) is 17.7 Å². The fourth-order valence-corrected chi connectivity index (χ4v) is 8.44. The van der Waals surface area contributed by atoms with Crippen molar-refractivity contribution < 1.29 is 14.4 Å². The molecule has 1 N–H and O–H groups in total. The van der Waals surface area contributed by atoms with Gasteiger partial charge in [0.1, 0.15) is 0 Å². The fraction of sp³-hybridized carbons (Fsp3) is 0.743. The molecule has 1 aromatic rings. The van der Waals surface area contributed by atoms with Crippen LogP contribution in [0.2, 0.25) is 10.0 Å². The molecular formula is C35H54Cl2N4O3. The van der Waals surface area contributed by atoms with E-state index in [-0.39, 0.29) is 52.6 Å². The summed E-state index contributed by atoms with van der Waals surface area (Å²) in [5.74, 6) is -0.0593. The molecule has 3 amide bonds. The van der Waals surface area contributed by atoms with E-state index in [0.717, 1.165) is 49.9 Å². The van der Waals surface area contributed by atoms with E-state index in [2.05, 4.69) is 49.7 Å². The molecule has 9 heteroatoms. The Morgan fingerprint density at radius 1 is 0.977 bits per heavy atom. The highest BCUT2D eigenvalue weighted by Crippen LogP contribution is 2.43. The summed E-state index contributed by atoms with van der Waals surface area (Å²) in [4.78, 5) is 46.5. The predicted octanol–water partition coefficient (Wildman–Crippen LogP) is 7.07. The van der Waals surface area contributed by atoms with Crippen molar-refractivity contribution in [1.29, 1.82) is 0 Å². The number of halogens is 2. The predicted molar refractivity (Wildman–Crippen MR) is 180 cm³/mol. The number of amides is 3. The molecule has 3 unspecified atom stereocenters. The van der Waals surface area contributed by atoms with Crippen LogP contribution in [-0.2, 0) is 19.8 Å². The molecule has 4 rings (SSSR count). The SMILES string of the molecule is CC(=O)NCC1CC(N(C(=O)C(C)(C)C)C2CCC(C)(C)CC2)CN1C(=O)C1CCN(c2ccc(Cl)c(C(C)(C)C)c2Cl)C1. The quantitative estimate of drug-likeness (QED) is 0.358. The van der Waals surface area contributed by atoms with E-state index in [4.69, 9.17) is 23.2 Å². The second kappa shape index (κ2) is 13.0. The van der Waals surface area contributed by atoms with Gasteiger partial charge < -0.3 is 20.0 Å². The molecule has 246 valence electrons. The Morgan fingerprint density at radius 2 is 1.61 bits per heavy atom. The number of anilines is 1. The number of carbonyl (C=O) groups excluding carboxylic acids is 3. The summed E-state index contributed by atoms with van der Waals surface area (Å²) in [6.45, 7) is 20.6. The van der Waals surface area contributed by atoms with Gasteiger partial charge in [-0.15, -0.1) is 0 Å². The van der Waals surface area contributed by atoms with Crippen LogP contribution < -0.4 is 10.2 Å². The van der Waals surface area contributed by atoms with Crippen molar-refractivity contribution in [2.75, 3.05) is 31.1 Å². The summed E-state index contributed by atoms with van der Waals surface area (Å²) in [5, 5.41) is 4.26. The first-order valence-electron chi connectivity index (χ1n) is 16.4. The number of nitrogens with one attached hydrogen (secondary N) is 1. The second-order valence-corrected chi connectivity index (χ2v) is 17.1. The highest BCUT2D eigenvalue weighted by molar-refractivity contribution is 6.38. The lowest BCUT2D eigenvalue weighted by atomic mass is 9.74. The molecule has 2 heterocycles. The summed E-state index contributed by atoms with van der Waals surface area (Å²) in [6, 6.07) is 3.79. The standard InChI is InChI=1S/C35H54Cl2N4O3/c1-22(42)38-19-25-18-26(41(32(44)34(5,6)7)24-12-15-35(8,9)16-13-24)21-40(25)31(43)23-14-17-39(20-23)28-11-10-27(36)29(30(28)37)33(2,3)4/h10-11,23-26H,12-21H2,1-9H3,(H,38,42). The lowest BCUT2D eigenvalue weighted by molar-refractivity contribution is -0.146. The van der Waals surface area contributed by atoms with Crippen molar-refractivity contribution in [2.45, 2.75) is 124 Å². The van der Waals surface area contributed by atoms with Crippen LogP contribution in [0.4, 0.5) is 5.69 Å². The molecule has 0 spiro atoms. The molecular weight excluding hydrogens is 595 g/mol. The summed E-state index contributed by atoms with van der Waals surface area (Å²) >= 11 is 13.5. The van der Waals surface area contributed by atoms with Crippen LogP contribution in [0.1, 0.15) is 106 Å². The van der Waals surface area contributed by atoms with Gasteiger partial charge in [0.15, 0.2) is 0 Å². The molecule has 0 radical (unpaired) electrons. The Bertz CT molecular complexity index is 1240. The number of benzene rings is 1. The summed E-state index contributed by atoms with van der Waals surface area (Å²) < 4.78 is 0. The van der Waals surface area contributed by atoms with Crippen molar-refractivity contribution >= 4 is 46.6 Å². The molecule has 1 saturated carbocycles. The largest absolute Gasteiger partial charge is 0.369 e. The van der Waals surface area contributed by atoms with Gasteiger partial charge in [0.25, 0.3) is 0 Å². The highest BCUT2D eigenvalue weighted by Gasteiger charge is 2.47. The van der Waals surface area contributed by atoms with E-state index >= 15 is 0 Å². The van der Waals surface area contributed by atoms with Crippen LogP contribution in [0.25, 0.3) is 0 Å². The average Bonchev–Trinajstić information content (AvgIpc) is 3.55. The number of rotatable bonds is 6. The van der Waals surface area contributed by atoms with Gasteiger partial charge in [-0.2, -0.15) is 0 Å². The first-order valence-corrected chi connectivity index (χ1v) is 17.2. The van der Waals surface area contributed by atoms with Crippen molar-refractivity contribution in [2.24, 2.45) is 16.7 Å². The molecule has 3 atom stereocenters. The third kappa shape index (κ3) is 7.68. The van der Waals surface area contributed by atoms with Crippen LogP contribution in [0, 0.1) is 16.7 Å². The maximum absolute atomic E-state index is 14.3. The molecule has 1 aromatic carbocycles. The van der Waals surface area contributed by atoms with Crippen LogP contribution in [0.15, 0.2) is 12.1 Å². The monoisotopic (exact) mass is 648 g/mol. The van der Waals surface area contributed by atoms with Gasteiger partial charge in [-0.1, -0.05) is 78.6 Å². The third-order valence-corrected chi connectivity index (χ3v) is 10.6. The number of carbonyl (C=O) groups is 3. The number of nitrogens with zero attached hydrogens (tertiary/aromatic N) is 3. The van der Waals surface area contributed by atoms with Gasteiger partial charge in [-0.05, 0) is 67.1 Å². The van der Waals surface area contributed by atoms with Crippen molar-refractivity contribution in [3.63, 3.8) is 0 Å². The zero-order valence-electron chi connectivity index (χ0n) is 28.4. The molecule has 2 saturated heterocycles. The van der Waals surface area contributed by atoms with Gasteiger partial charge in [-0.25, -0.2) is 0 Å². The molecule has 44 heavy (non-hydrogen) atoms. The molecule has 1 aliphatic carbocycles. The minimum Gasteiger partial charge on any atom is -0.369 e. The molecule has 0 aromatic heterocycles. The van der Waals surface area contributed by atoms with E-state index in [1.165, 1.54) is 6.92 Å². The zero-order chi connectivity index (χ0) is 32.8. The van der Waals surface area contributed by atoms with E-state index in [1.54, 1.807) is 0 Å². The first kappa shape index (κ1) is 34.9. The number of likely N-dealkylation sites (tertiary alicyclic amines) is 1. The second-order valence-electron chi connectivity index (χ2n) is 16.3. The normalized spacial score (nSPS) is 24.5. The zero-order valence-corrected chi connectivity index (χ0v) is 29.9. The van der Waals surface area contributed by atoms with Crippen LogP contribution in [0.3, 0.4) is 0 Å². The van der Waals surface area contributed by atoms with E-state index in [0.29, 0.717) is 36.1 Å². The third-order valence-electron chi connectivity index (χ3n) is 9.93. The van der Waals surface area contributed by atoms with Crippen LogP contribution >= 0.6 is 23.2 Å². The van der Waals surface area contributed by atoms with Gasteiger partial charge in [0, 0.05) is 49.6 Å². The Kier molecular flexibility index (Phi) is 10.3. The minimum atomic E-state index is -0.521. The lowest BCUT2D eigenvalue weighted by Gasteiger charge is -2.45. The first-order chi connectivity index (χ1) is 20.3. The molecule has 7 nitrogen and oxygen atoms in total. The van der Waals surface area contributed by atoms with Crippen LogP contribution in [-0.4, -0.2) is 71.8 Å². The minimum absolute atomic E-state index is 0.0757. The van der Waals surface area contributed by atoms with E-state index < -0.39 is 5.41 Å². The average molecular weight is 650 g/mol. The molecule has 2 aliphatic heterocycles. The Labute approximate surface area is 275 Å². The summed E-state index contributed by atoms with van der Waals surface area (Å²) in [6.07, 6.45) is 5.51. The maximum Gasteiger partial charge on any atom is 0.228 e. The van der Waals surface area contributed by atoms with E-state index in [1.807, 2.05) is 37.8 Å². The van der Waals surface area contributed by atoms with Gasteiger partial charge in [0.05, 0.1) is 28.7 Å². The summed E-state index contributed by atoms with van der Waals surface area (Å²) in [7, 11) is 0. The molecule has 3 fully saturated rings. The topological polar surface area (TPSA) is 73.0 Å². The molecule has 3 aliphatic rings. The van der Waals surface area contributed by atoms with Gasteiger partial charge >= 0.3 is 0 Å². The maximum atomic E-state index is 14.3. The van der Waals surface area contributed by atoms with Crippen LogP contribution in [0.5, 0.6) is 0 Å². The molecule has 0 bridgehead atoms. The van der Waals surface area contributed by atoms with E-state index in [9.17, 15) is 14.4 Å². The number of hydrogen-bond donors (Lipinski definition) is 1. The Balaban J connectivity index is 1.57. The smallest absolute Gasteiger partial charge is 0.228 e. The van der Waals surface area contributed by atoms with Gasteiger partial charge in [-0.3, -0.25) is 14.4 Å². The highest BCUT2D eigenvalue weighted by atomic mass is 35.5. The fourth-order valence-electron chi connectivity index (χ4n) is 7.39. The number of hydrogen-bond acceptors (Lipinski definition) is 4. The van der Waals surface area contributed by atoms with Crippen molar-refractivity contribution in [3.05, 3.63) is 27.7 Å². The van der Waals surface area contributed by atoms with Crippen molar-refractivity contribution in [1.82, 2.24) is 15.1 Å². The lowest BCUT2D eigenvalue weighted by Crippen LogP contribution is -2.54. The Hall–Kier alpha value is -1.99. The van der Waals surface area contributed by atoms with Crippen molar-refractivity contribution in [3.8, 4) is 0 Å².